The number of ether oxygens (including phenoxy) is 1. The molecule has 28 heavy (non-hydrogen) atoms. The van der Waals surface area contributed by atoms with Gasteiger partial charge in [-0.3, -0.25) is 0 Å². The molecule has 1 atom stereocenters. The Morgan fingerprint density at radius 2 is 2.00 bits per heavy atom. The molecule has 1 saturated heterocycles. The van der Waals surface area contributed by atoms with Gasteiger partial charge in [-0.25, -0.2) is 19.2 Å². The van der Waals surface area contributed by atoms with E-state index in [1.54, 1.807) is 13.2 Å². The van der Waals surface area contributed by atoms with Crippen molar-refractivity contribution in [1.82, 2.24) is 20.2 Å². The number of carbonyl (C=O) groups is 1. The summed E-state index contributed by atoms with van der Waals surface area (Å²) in [6.45, 7) is 6.62. The van der Waals surface area contributed by atoms with Gasteiger partial charge >= 0.3 is 6.03 Å². The van der Waals surface area contributed by atoms with E-state index in [0.29, 0.717) is 43.2 Å². The lowest BCUT2D eigenvalue weighted by molar-refractivity contribution is 0.190. The zero-order valence-electron chi connectivity index (χ0n) is 16.5. The fourth-order valence-electron chi connectivity index (χ4n) is 3.09. The van der Waals surface area contributed by atoms with Crippen LogP contribution in [0.4, 0.5) is 15.0 Å². The quantitative estimate of drug-likeness (QED) is 0.854. The minimum Gasteiger partial charge on any atom is -0.496 e. The Kier molecular flexibility index (Phi) is 6.28. The fourth-order valence-corrected chi connectivity index (χ4v) is 3.09. The summed E-state index contributed by atoms with van der Waals surface area (Å²) in [4.78, 5) is 24.8. The summed E-state index contributed by atoms with van der Waals surface area (Å²) in [5.74, 6) is 0.952. The van der Waals surface area contributed by atoms with Crippen LogP contribution in [-0.2, 0) is 0 Å². The number of aromatic nitrogens is 2. The maximum atomic E-state index is 13.7. The topological polar surface area (TPSA) is 70.6 Å². The highest BCUT2D eigenvalue weighted by molar-refractivity contribution is 5.75. The summed E-state index contributed by atoms with van der Waals surface area (Å²) in [7, 11) is 1.54. The summed E-state index contributed by atoms with van der Waals surface area (Å²) in [6, 6.07) is 6.31. The second-order valence-electron chi connectivity index (χ2n) is 6.84. The van der Waals surface area contributed by atoms with Crippen LogP contribution in [0.3, 0.4) is 0 Å². The molecule has 2 aromatic rings. The van der Waals surface area contributed by atoms with E-state index in [9.17, 15) is 9.18 Å². The summed E-state index contributed by atoms with van der Waals surface area (Å²) in [6.07, 6.45) is 2.37. The highest BCUT2D eigenvalue weighted by Gasteiger charge is 2.23. The molecule has 1 aromatic heterocycles. The van der Waals surface area contributed by atoms with Crippen LogP contribution in [0, 0.1) is 5.82 Å². The number of nitrogens with zero attached hydrogens (tertiary/aromatic N) is 4. The highest BCUT2D eigenvalue weighted by Crippen LogP contribution is 2.30. The number of piperazine rings is 1. The molecule has 0 radical (unpaired) electrons. The van der Waals surface area contributed by atoms with Crippen molar-refractivity contribution >= 4 is 11.8 Å². The first-order chi connectivity index (χ1) is 13.5. The van der Waals surface area contributed by atoms with E-state index < -0.39 is 0 Å². The number of hydrogen-bond donors (Lipinski definition) is 1. The molecule has 1 aliphatic heterocycles. The molecule has 1 fully saturated rings. The lowest BCUT2D eigenvalue weighted by Gasteiger charge is -2.35. The molecule has 1 N–H and O–H groups in total. The van der Waals surface area contributed by atoms with Gasteiger partial charge in [0.1, 0.15) is 23.7 Å². The Morgan fingerprint density at radius 1 is 1.25 bits per heavy atom. The normalized spacial score (nSPS) is 15.3. The maximum Gasteiger partial charge on any atom is 0.317 e. The summed E-state index contributed by atoms with van der Waals surface area (Å²) in [5.41, 5.74) is 1.18. The van der Waals surface area contributed by atoms with Crippen molar-refractivity contribution in [3.8, 4) is 17.0 Å². The second kappa shape index (κ2) is 8.86. The van der Waals surface area contributed by atoms with E-state index in [1.807, 2.05) is 24.8 Å². The van der Waals surface area contributed by atoms with Crippen LogP contribution in [0.1, 0.15) is 20.3 Å². The van der Waals surface area contributed by atoms with Crippen molar-refractivity contribution in [3.05, 3.63) is 36.4 Å². The minimum absolute atomic E-state index is 0.0260. The third kappa shape index (κ3) is 4.49. The van der Waals surface area contributed by atoms with Crippen molar-refractivity contribution < 1.29 is 13.9 Å². The van der Waals surface area contributed by atoms with Crippen LogP contribution < -0.4 is 15.0 Å². The Labute approximate surface area is 164 Å². The number of hydrogen-bond acceptors (Lipinski definition) is 5. The third-order valence-electron chi connectivity index (χ3n) is 4.96. The van der Waals surface area contributed by atoms with Gasteiger partial charge in [-0.2, -0.15) is 0 Å². The van der Waals surface area contributed by atoms with Crippen molar-refractivity contribution in [2.75, 3.05) is 38.2 Å². The van der Waals surface area contributed by atoms with Gasteiger partial charge in [0, 0.05) is 43.9 Å². The van der Waals surface area contributed by atoms with E-state index >= 15 is 0 Å². The number of anilines is 1. The third-order valence-corrected chi connectivity index (χ3v) is 4.96. The molecule has 0 aliphatic carbocycles. The molecule has 0 saturated carbocycles. The molecule has 1 unspecified atom stereocenters. The van der Waals surface area contributed by atoms with Crippen LogP contribution in [0.2, 0.25) is 0 Å². The zero-order chi connectivity index (χ0) is 20.1. The molecular weight excluding hydrogens is 361 g/mol. The molecule has 8 heteroatoms. The average Bonchev–Trinajstić information content (AvgIpc) is 2.73. The summed E-state index contributed by atoms with van der Waals surface area (Å²) < 4.78 is 19.0. The van der Waals surface area contributed by atoms with Gasteiger partial charge in [-0.05, 0) is 31.5 Å². The molecule has 2 amide bonds. The molecule has 0 bridgehead atoms. The minimum atomic E-state index is -0.350. The van der Waals surface area contributed by atoms with Crippen molar-refractivity contribution in [2.24, 2.45) is 0 Å². The standard InChI is InChI=1S/C20H26FN5O2/c1-4-14(2)24-20(27)26-9-7-25(8-10-26)19-12-17(22-13-23-19)16-11-15(21)5-6-18(16)28-3/h5-6,11-14H,4,7-10H2,1-3H3,(H,24,27). The Morgan fingerprint density at radius 3 is 2.68 bits per heavy atom. The van der Waals surface area contributed by atoms with Gasteiger partial charge in [0.05, 0.1) is 12.8 Å². The van der Waals surface area contributed by atoms with Crippen LogP contribution in [-0.4, -0.2) is 60.2 Å². The smallest absolute Gasteiger partial charge is 0.317 e. The van der Waals surface area contributed by atoms with Gasteiger partial charge < -0.3 is 19.9 Å². The molecule has 2 heterocycles. The van der Waals surface area contributed by atoms with Gasteiger partial charge in [0.15, 0.2) is 0 Å². The van der Waals surface area contributed by atoms with Crippen LogP contribution in [0.15, 0.2) is 30.6 Å². The number of rotatable bonds is 5. The Balaban J connectivity index is 1.71. The zero-order valence-corrected chi connectivity index (χ0v) is 16.5. The first-order valence-corrected chi connectivity index (χ1v) is 9.48. The van der Waals surface area contributed by atoms with E-state index in [4.69, 9.17) is 4.74 Å². The molecular formula is C20H26FN5O2. The van der Waals surface area contributed by atoms with Gasteiger partial charge in [0.2, 0.25) is 0 Å². The molecule has 3 rings (SSSR count). The SMILES string of the molecule is CCC(C)NC(=O)N1CCN(c2cc(-c3cc(F)ccc3OC)ncn2)CC1. The second-order valence-corrected chi connectivity index (χ2v) is 6.84. The highest BCUT2D eigenvalue weighted by atomic mass is 19.1. The van der Waals surface area contributed by atoms with E-state index in [1.165, 1.54) is 18.5 Å². The van der Waals surface area contributed by atoms with Crippen molar-refractivity contribution in [3.63, 3.8) is 0 Å². The van der Waals surface area contributed by atoms with Gasteiger partial charge in [-0.15, -0.1) is 0 Å². The van der Waals surface area contributed by atoms with Crippen molar-refractivity contribution in [1.29, 1.82) is 0 Å². The van der Waals surface area contributed by atoms with Gasteiger partial charge in [-0.1, -0.05) is 6.92 Å². The molecule has 0 spiro atoms. The van der Waals surface area contributed by atoms with Crippen LogP contribution in [0.25, 0.3) is 11.3 Å². The van der Waals surface area contributed by atoms with Crippen LogP contribution >= 0.6 is 0 Å². The van der Waals surface area contributed by atoms with E-state index in [2.05, 4.69) is 20.2 Å². The Bertz CT molecular complexity index is 824. The number of amides is 2. The lowest BCUT2D eigenvalue weighted by atomic mass is 10.1. The molecule has 150 valence electrons. The number of halogens is 1. The maximum absolute atomic E-state index is 13.7. The van der Waals surface area contributed by atoms with Crippen molar-refractivity contribution in [2.45, 2.75) is 26.3 Å². The summed E-state index contributed by atoms with van der Waals surface area (Å²) in [5, 5.41) is 3.00. The number of urea groups is 1. The van der Waals surface area contributed by atoms with E-state index in [-0.39, 0.29) is 17.9 Å². The number of methoxy groups -OCH3 is 1. The van der Waals surface area contributed by atoms with Crippen LogP contribution in [0.5, 0.6) is 5.75 Å². The van der Waals surface area contributed by atoms with Gasteiger partial charge in [0.25, 0.3) is 0 Å². The number of benzene rings is 1. The predicted molar refractivity (Wildman–Crippen MR) is 106 cm³/mol. The molecule has 7 nitrogen and oxygen atoms in total. The average molecular weight is 387 g/mol. The fraction of sp³-hybridized carbons (Fsp3) is 0.450. The molecule has 1 aromatic carbocycles. The number of nitrogens with one attached hydrogen (secondary N) is 1. The largest absolute Gasteiger partial charge is 0.496 e. The monoisotopic (exact) mass is 387 g/mol. The number of carbonyl (C=O) groups excluding carboxylic acids is 1. The van der Waals surface area contributed by atoms with E-state index in [0.717, 1.165) is 12.2 Å². The lowest BCUT2D eigenvalue weighted by Crippen LogP contribution is -2.53. The molecule has 1 aliphatic rings. The summed E-state index contributed by atoms with van der Waals surface area (Å²) >= 11 is 0. The predicted octanol–water partition coefficient (Wildman–Crippen LogP) is 2.92. The first-order valence-electron chi connectivity index (χ1n) is 9.48. The Hall–Kier alpha value is -2.90. The first kappa shape index (κ1) is 19.9.